The number of carbonyl (C=O) groups excluding carboxylic acids is 3. The Labute approximate surface area is 216 Å². The van der Waals surface area contributed by atoms with Gasteiger partial charge < -0.3 is 15.3 Å². The highest BCUT2D eigenvalue weighted by molar-refractivity contribution is 6.08. The average molecular weight is 507 g/mol. The van der Waals surface area contributed by atoms with Gasteiger partial charge in [-0.15, -0.1) is 0 Å². The Morgan fingerprint density at radius 1 is 1.16 bits per heavy atom. The molecule has 0 bridgehead atoms. The van der Waals surface area contributed by atoms with Gasteiger partial charge in [-0.25, -0.2) is 0 Å². The highest BCUT2D eigenvalue weighted by atomic mass is 16.3. The molecule has 1 saturated carbocycles. The third-order valence-electron chi connectivity index (χ3n) is 8.41. The molecule has 3 fully saturated rings. The van der Waals surface area contributed by atoms with Crippen molar-refractivity contribution in [2.45, 2.75) is 70.3 Å². The molecule has 1 aromatic heterocycles. The molecule has 196 valence electrons. The van der Waals surface area contributed by atoms with E-state index in [-0.39, 0.29) is 18.7 Å². The Balaban J connectivity index is 1.10. The van der Waals surface area contributed by atoms with Crippen LogP contribution in [0, 0.1) is 5.41 Å². The molecule has 2 aromatic rings. The molecule has 4 aliphatic rings. The number of imide groups is 1. The molecule has 37 heavy (non-hydrogen) atoms. The van der Waals surface area contributed by atoms with Crippen LogP contribution in [0.15, 0.2) is 30.6 Å². The standard InChI is InChI=1S/C27H34N6O4/c1-27(9-10-27)16-31-11-7-18(8-12-31)32-15-17(14-29-32)13-28-20-4-2-3-19-23(20)26(37)33(25(19)36)21-5-6-22(34)30-24(21)35/h2-4,14-15,18,21,25,28,36H,5-13,16H2,1H3,(H,30,34,35). The van der Waals surface area contributed by atoms with E-state index >= 15 is 0 Å². The van der Waals surface area contributed by atoms with Crippen molar-refractivity contribution >= 4 is 23.4 Å². The summed E-state index contributed by atoms with van der Waals surface area (Å²) in [6.45, 7) is 6.30. The van der Waals surface area contributed by atoms with E-state index in [0.717, 1.165) is 31.5 Å². The number of carbonyl (C=O) groups is 3. The predicted molar refractivity (Wildman–Crippen MR) is 135 cm³/mol. The van der Waals surface area contributed by atoms with Crippen LogP contribution < -0.4 is 10.6 Å². The Morgan fingerprint density at radius 2 is 1.95 bits per heavy atom. The van der Waals surface area contributed by atoms with E-state index in [1.165, 1.54) is 24.3 Å². The Hall–Kier alpha value is -3.24. The lowest BCUT2D eigenvalue weighted by Crippen LogP contribution is -2.53. The number of likely N-dealkylation sites (tertiary alicyclic amines) is 1. The van der Waals surface area contributed by atoms with Gasteiger partial charge in [0.2, 0.25) is 11.8 Å². The lowest BCUT2D eigenvalue weighted by atomic mass is 10.0. The van der Waals surface area contributed by atoms with Gasteiger partial charge in [0, 0.05) is 55.6 Å². The summed E-state index contributed by atoms with van der Waals surface area (Å²) >= 11 is 0. The summed E-state index contributed by atoms with van der Waals surface area (Å²) in [6, 6.07) is 4.81. The van der Waals surface area contributed by atoms with Gasteiger partial charge in [-0.3, -0.25) is 29.3 Å². The number of rotatable bonds is 7. The van der Waals surface area contributed by atoms with E-state index in [4.69, 9.17) is 0 Å². The minimum absolute atomic E-state index is 0.136. The molecule has 3 amide bonds. The smallest absolute Gasteiger partial charge is 0.259 e. The van der Waals surface area contributed by atoms with Crippen molar-refractivity contribution in [1.82, 2.24) is 24.9 Å². The van der Waals surface area contributed by atoms with Crippen molar-refractivity contribution in [3.8, 4) is 0 Å². The van der Waals surface area contributed by atoms with Gasteiger partial charge in [0.25, 0.3) is 5.91 Å². The zero-order valence-electron chi connectivity index (χ0n) is 21.2. The molecule has 10 heteroatoms. The molecule has 1 aliphatic carbocycles. The molecular weight excluding hydrogens is 472 g/mol. The van der Waals surface area contributed by atoms with Crippen LogP contribution in [0.25, 0.3) is 0 Å². The summed E-state index contributed by atoms with van der Waals surface area (Å²) in [4.78, 5) is 41.0. The predicted octanol–water partition coefficient (Wildman–Crippen LogP) is 2.18. The molecule has 2 saturated heterocycles. The number of amides is 3. The van der Waals surface area contributed by atoms with E-state index < -0.39 is 24.1 Å². The number of hydrogen-bond acceptors (Lipinski definition) is 7. The van der Waals surface area contributed by atoms with E-state index in [9.17, 15) is 19.5 Å². The first-order valence-electron chi connectivity index (χ1n) is 13.3. The molecule has 10 nitrogen and oxygen atoms in total. The van der Waals surface area contributed by atoms with Crippen molar-refractivity contribution in [3.05, 3.63) is 47.3 Å². The van der Waals surface area contributed by atoms with Crippen molar-refractivity contribution in [3.63, 3.8) is 0 Å². The second-order valence-electron chi connectivity index (χ2n) is 11.3. The van der Waals surface area contributed by atoms with Crippen LogP contribution in [0.5, 0.6) is 0 Å². The minimum Gasteiger partial charge on any atom is -0.380 e. The molecule has 3 N–H and O–H groups in total. The number of benzene rings is 1. The lowest BCUT2D eigenvalue weighted by Gasteiger charge is -2.33. The molecule has 6 rings (SSSR count). The topological polar surface area (TPSA) is 120 Å². The Kier molecular flexibility index (Phi) is 6.03. The summed E-state index contributed by atoms with van der Waals surface area (Å²) in [5.74, 6) is -1.32. The molecular formula is C27H34N6O4. The zero-order valence-corrected chi connectivity index (χ0v) is 21.2. The first kappa shape index (κ1) is 24.1. The van der Waals surface area contributed by atoms with Crippen molar-refractivity contribution in [1.29, 1.82) is 0 Å². The van der Waals surface area contributed by atoms with E-state index in [0.29, 0.717) is 34.8 Å². The minimum atomic E-state index is -1.23. The monoisotopic (exact) mass is 506 g/mol. The lowest BCUT2D eigenvalue weighted by molar-refractivity contribution is -0.139. The second kappa shape index (κ2) is 9.25. The Bertz CT molecular complexity index is 1230. The number of piperidine rings is 2. The fourth-order valence-electron chi connectivity index (χ4n) is 5.94. The summed E-state index contributed by atoms with van der Waals surface area (Å²) < 4.78 is 2.07. The van der Waals surface area contributed by atoms with Crippen molar-refractivity contribution in [2.75, 3.05) is 25.0 Å². The van der Waals surface area contributed by atoms with Gasteiger partial charge in [0.1, 0.15) is 6.04 Å². The van der Waals surface area contributed by atoms with Crippen LogP contribution in [0.3, 0.4) is 0 Å². The molecule has 3 aliphatic heterocycles. The van der Waals surface area contributed by atoms with Crippen LogP contribution >= 0.6 is 0 Å². The number of nitrogens with one attached hydrogen (secondary N) is 2. The van der Waals surface area contributed by atoms with Gasteiger partial charge >= 0.3 is 0 Å². The number of hydrogen-bond donors (Lipinski definition) is 3. The summed E-state index contributed by atoms with van der Waals surface area (Å²) in [5, 5.41) is 21.1. The quantitative estimate of drug-likeness (QED) is 0.493. The summed E-state index contributed by atoms with van der Waals surface area (Å²) in [7, 11) is 0. The summed E-state index contributed by atoms with van der Waals surface area (Å²) in [5.41, 5.74) is 2.99. The van der Waals surface area contributed by atoms with E-state index in [2.05, 4.69) is 38.4 Å². The number of nitrogens with zero attached hydrogens (tertiary/aromatic N) is 4. The molecule has 2 unspecified atom stereocenters. The van der Waals surface area contributed by atoms with Crippen LogP contribution in [0.2, 0.25) is 0 Å². The highest BCUT2D eigenvalue weighted by Gasteiger charge is 2.45. The van der Waals surface area contributed by atoms with Crippen LogP contribution in [0.1, 0.15) is 79.2 Å². The number of aliphatic hydroxyl groups is 1. The van der Waals surface area contributed by atoms with Crippen LogP contribution in [-0.4, -0.2) is 68.1 Å². The van der Waals surface area contributed by atoms with Gasteiger partial charge in [0.15, 0.2) is 6.23 Å². The zero-order chi connectivity index (χ0) is 25.7. The van der Waals surface area contributed by atoms with Gasteiger partial charge in [-0.2, -0.15) is 5.10 Å². The van der Waals surface area contributed by atoms with E-state index in [1.54, 1.807) is 18.2 Å². The fraction of sp³-hybridized carbons (Fsp3) is 0.556. The first-order chi connectivity index (χ1) is 17.8. The molecule has 0 radical (unpaired) electrons. The largest absolute Gasteiger partial charge is 0.380 e. The van der Waals surface area contributed by atoms with Gasteiger partial charge in [0.05, 0.1) is 17.8 Å². The second-order valence-corrected chi connectivity index (χ2v) is 11.3. The van der Waals surface area contributed by atoms with Crippen molar-refractivity contribution in [2.24, 2.45) is 5.41 Å². The Morgan fingerprint density at radius 3 is 2.68 bits per heavy atom. The molecule has 4 heterocycles. The van der Waals surface area contributed by atoms with Gasteiger partial charge in [-0.1, -0.05) is 19.1 Å². The van der Waals surface area contributed by atoms with Gasteiger partial charge in [-0.05, 0) is 43.6 Å². The number of aromatic nitrogens is 2. The third kappa shape index (κ3) is 4.64. The normalized spacial score (nSPS) is 25.8. The van der Waals surface area contributed by atoms with Crippen LogP contribution in [0.4, 0.5) is 5.69 Å². The third-order valence-corrected chi connectivity index (χ3v) is 8.41. The maximum absolute atomic E-state index is 13.3. The SMILES string of the molecule is CC1(CN2CCC(n3cc(CNc4cccc5c4C(=O)N(C4CCC(=O)NC4=O)C5O)cn3)CC2)CC1. The fourth-order valence-corrected chi connectivity index (χ4v) is 5.94. The highest BCUT2D eigenvalue weighted by Crippen LogP contribution is 2.46. The molecule has 2 atom stereocenters. The number of aliphatic hydroxyl groups excluding tert-OH is 1. The van der Waals surface area contributed by atoms with Crippen LogP contribution in [-0.2, 0) is 16.1 Å². The molecule has 1 aromatic carbocycles. The number of anilines is 1. The maximum atomic E-state index is 13.3. The summed E-state index contributed by atoms with van der Waals surface area (Å²) in [6.07, 6.45) is 7.94. The number of fused-ring (bicyclic) bond motifs is 1. The maximum Gasteiger partial charge on any atom is 0.259 e. The van der Waals surface area contributed by atoms with E-state index in [1.807, 2.05) is 6.20 Å². The average Bonchev–Trinajstić information content (AvgIpc) is 3.31. The molecule has 0 spiro atoms. The first-order valence-corrected chi connectivity index (χ1v) is 13.3. The van der Waals surface area contributed by atoms with Crippen molar-refractivity contribution < 1.29 is 19.5 Å².